The highest BCUT2D eigenvalue weighted by molar-refractivity contribution is 7.11. The zero-order chi connectivity index (χ0) is 42.0. The molecular weight excluding hydrogens is 789 g/mol. The standard InChI is InChI=1S/C54H56N2O5S/c1-5-17-43(18-6-1)35-55-37-47-25-13-15-27-53(47)60-33-31-57-32-34-61-54-28-16-14-26-48(54)38-56(36-44-19-7-2-8-20-44)52(46-23-11-4-12-24-46)42-59-40-50-30-29-49(62-50)39-58-41-51(55)45-21-9-3-10-22-45/h1-30,51-52H,31-42H2/t51-,52-/m0/s1. The van der Waals surface area contributed by atoms with E-state index < -0.39 is 0 Å². The minimum Gasteiger partial charge on any atom is -0.491 e. The summed E-state index contributed by atoms with van der Waals surface area (Å²) >= 11 is 1.76. The number of para-hydroxylation sites is 2. The van der Waals surface area contributed by atoms with Crippen molar-refractivity contribution in [3.63, 3.8) is 0 Å². The van der Waals surface area contributed by atoms with E-state index in [1.807, 2.05) is 12.1 Å². The Morgan fingerprint density at radius 2 is 0.790 bits per heavy atom. The second kappa shape index (κ2) is 23.0. The normalized spacial score (nSPS) is 18.1. The molecule has 0 radical (unpaired) electrons. The van der Waals surface area contributed by atoms with E-state index in [1.54, 1.807) is 11.3 Å². The lowest BCUT2D eigenvalue weighted by Gasteiger charge is -2.33. The number of thiophene rings is 1. The Bertz CT molecular complexity index is 2180. The third-order valence-electron chi connectivity index (χ3n) is 11.1. The van der Waals surface area contributed by atoms with Crippen LogP contribution in [0.5, 0.6) is 11.5 Å². The molecule has 6 aromatic carbocycles. The van der Waals surface area contributed by atoms with E-state index in [1.165, 1.54) is 32.0 Å². The van der Waals surface area contributed by atoms with Gasteiger partial charge in [0.25, 0.3) is 0 Å². The zero-order valence-corrected chi connectivity index (χ0v) is 36.1. The summed E-state index contributed by atoms with van der Waals surface area (Å²) in [6, 6.07) is 63.8. The number of hydrogen-bond donors (Lipinski definition) is 0. The second-order valence-corrected chi connectivity index (χ2v) is 16.8. The summed E-state index contributed by atoms with van der Waals surface area (Å²) in [4.78, 5) is 7.35. The molecule has 2 atom stereocenters. The number of ether oxygens (including phenoxy) is 5. The molecule has 8 rings (SSSR count). The molecule has 0 unspecified atom stereocenters. The summed E-state index contributed by atoms with van der Waals surface area (Å²) < 4.78 is 32.2. The van der Waals surface area contributed by atoms with Gasteiger partial charge in [-0.25, -0.2) is 0 Å². The molecule has 0 aliphatic carbocycles. The fraction of sp³-hybridized carbons (Fsp3) is 0.259. The molecule has 0 N–H and O–H groups in total. The fourth-order valence-corrected chi connectivity index (χ4v) is 8.89. The van der Waals surface area contributed by atoms with Gasteiger partial charge in [0.2, 0.25) is 0 Å². The van der Waals surface area contributed by atoms with Gasteiger partial charge in [-0.3, -0.25) is 9.80 Å². The third-order valence-corrected chi connectivity index (χ3v) is 12.2. The molecule has 0 fully saturated rings. The van der Waals surface area contributed by atoms with Gasteiger partial charge in [0.05, 0.1) is 51.7 Å². The van der Waals surface area contributed by atoms with Gasteiger partial charge in [0.15, 0.2) is 0 Å². The fourth-order valence-electron chi connectivity index (χ4n) is 7.99. The number of hydrogen-bond acceptors (Lipinski definition) is 8. The van der Waals surface area contributed by atoms with Crippen molar-refractivity contribution in [3.05, 3.63) is 225 Å². The molecule has 1 aromatic heterocycles. The molecule has 62 heavy (non-hydrogen) atoms. The van der Waals surface area contributed by atoms with Crippen molar-refractivity contribution >= 4 is 11.3 Å². The molecule has 0 spiro atoms. The highest BCUT2D eigenvalue weighted by Gasteiger charge is 2.25. The summed E-state index contributed by atoms with van der Waals surface area (Å²) in [6.45, 7) is 6.69. The van der Waals surface area contributed by atoms with Crippen LogP contribution in [0.25, 0.3) is 0 Å². The smallest absolute Gasteiger partial charge is 0.123 e. The van der Waals surface area contributed by atoms with E-state index in [0.717, 1.165) is 35.7 Å². The first-order chi connectivity index (χ1) is 30.7. The highest BCUT2D eigenvalue weighted by Crippen LogP contribution is 2.32. The predicted octanol–water partition coefficient (Wildman–Crippen LogP) is 11.5. The van der Waals surface area contributed by atoms with Crippen molar-refractivity contribution < 1.29 is 23.7 Å². The van der Waals surface area contributed by atoms with Crippen LogP contribution < -0.4 is 9.47 Å². The summed E-state index contributed by atoms with van der Waals surface area (Å²) in [5, 5.41) is 0. The van der Waals surface area contributed by atoms with E-state index in [2.05, 4.69) is 180 Å². The Hall–Kier alpha value is -5.58. The number of rotatable bonds is 6. The molecule has 1 aliphatic heterocycles. The molecule has 8 heteroatoms. The van der Waals surface area contributed by atoms with Crippen molar-refractivity contribution in [3.8, 4) is 11.5 Å². The van der Waals surface area contributed by atoms with Crippen LogP contribution in [0, 0.1) is 0 Å². The van der Waals surface area contributed by atoms with Gasteiger partial charge < -0.3 is 23.7 Å². The predicted molar refractivity (Wildman–Crippen MR) is 248 cm³/mol. The Morgan fingerprint density at radius 3 is 1.23 bits per heavy atom. The van der Waals surface area contributed by atoms with Gasteiger partial charge in [-0.1, -0.05) is 158 Å². The molecule has 0 amide bonds. The van der Waals surface area contributed by atoms with E-state index in [0.29, 0.717) is 65.9 Å². The van der Waals surface area contributed by atoms with Crippen LogP contribution in [0.4, 0.5) is 0 Å². The Labute approximate surface area is 371 Å². The lowest BCUT2D eigenvalue weighted by Crippen LogP contribution is -2.31. The minimum absolute atomic E-state index is 0.00648. The highest BCUT2D eigenvalue weighted by atomic mass is 32.1. The van der Waals surface area contributed by atoms with Gasteiger partial charge in [-0.2, -0.15) is 0 Å². The van der Waals surface area contributed by atoms with Crippen LogP contribution in [0.3, 0.4) is 0 Å². The van der Waals surface area contributed by atoms with Crippen molar-refractivity contribution in [1.82, 2.24) is 9.80 Å². The van der Waals surface area contributed by atoms with Crippen LogP contribution in [0.2, 0.25) is 0 Å². The number of fused-ring (bicyclic) bond motifs is 4. The van der Waals surface area contributed by atoms with Crippen molar-refractivity contribution in [1.29, 1.82) is 0 Å². The van der Waals surface area contributed by atoms with Gasteiger partial charge in [-0.15, -0.1) is 11.3 Å². The van der Waals surface area contributed by atoms with Gasteiger partial charge in [-0.05, 0) is 46.5 Å². The topological polar surface area (TPSA) is 52.6 Å². The Kier molecular flexibility index (Phi) is 16.0. The van der Waals surface area contributed by atoms with Gasteiger partial charge >= 0.3 is 0 Å². The molecule has 2 heterocycles. The van der Waals surface area contributed by atoms with Crippen LogP contribution in [0.1, 0.15) is 55.2 Å². The van der Waals surface area contributed by atoms with E-state index >= 15 is 0 Å². The van der Waals surface area contributed by atoms with Gasteiger partial charge in [0, 0.05) is 47.1 Å². The van der Waals surface area contributed by atoms with E-state index in [-0.39, 0.29) is 12.1 Å². The summed E-state index contributed by atoms with van der Waals surface area (Å²) in [5.74, 6) is 1.71. The maximum absolute atomic E-state index is 6.65. The molecule has 0 saturated carbocycles. The van der Waals surface area contributed by atoms with Crippen molar-refractivity contribution in [2.24, 2.45) is 0 Å². The molecular formula is C54H56N2O5S. The van der Waals surface area contributed by atoms with Crippen LogP contribution in [-0.4, -0.2) is 49.4 Å². The monoisotopic (exact) mass is 844 g/mol. The largest absolute Gasteiger partial charge is 0.491 e. The second-order valence-electron chi connectivity index (χ2n) is 15.6. The number of nitrogens with zero attached hydrogens (tertiary/aromatic N) is 2. The Morgan fingerprint density at radius 1 is 0.403 bits per heavy atom. The van der Waals surface area contributed by atoms with Gasteiger partial charge in [0.1, 0.15) is 24.7 Å². The first-order valence-corrected chi connectivity index (χ1v) is 22.4. The molecule has 7 aromatic rings. The summed E-state index contributed by atoms with van der Waals surface area (Å²) in [5.41, 5.74) is 7.13. The lowest BCUT2D eigenvalue weighted by molar-refractivity contribution is 0.0416. The first-order valence-electron chi connectivity index (χ1n) is 21.6. The van der Waals surface area contributed by atoms with Crippen LogP contribution >= 0.6 is 11.3 Å². The first kappa shape index (κ1) is 43.1. The molecule has 0 saturated heterocycles. The molecule has 1 aliphatic rings. The average Bonchev–Trinajstić information content (AvgIpc) is 3.78. The maximum Gasteiger partial charge on any atom is 0.123 e. The van der Waals surface area contributed by atoms with Crippen LogP contribution in [0.15, 0.2) is 182 Å². The molecule has 318 valence electrons. The summed E-state index contributed by atoms with van der Waals surface area (Å²) in [6.07, 6.45) is 0. The summed E-state index contributed by atoms with van der Waals surface area (Å²) in [7, 11) is 0. The minimum atomic E-state index is -0.00648. The quantitative estimate of drug-likeness (QED) is 0.165. The molecule has 7 nitrogen and oxygen atoms in total. The van der Waals surface area contributed by atoms with Crippen LogP contribution in [-0.2, 0) is 53.6 Å². The molecule has 2 bridgehead atoms. The zero-order valence-electron chi connectivity index (χ0n) is 35.3. The van der Waals surface area contributed by atoms with E-state index in [4.69, 9.17) is 23.7 Å². The Balaban J connectivity index is 1.06. The number of benzene rings is 6. The SMILES string of the molecule is c1ccc(CN2Cc3ccccc3OCCOCCOc3ccccc3CN(Cc3ccccc3)[C@H](c3ccccc3)COCc3ccc(s3)COC[C@H]2c2ccccc2)cc1. The van der Waals surface area contributed by atoms with E-state index in [9.17, 15) is 0 Å². The maximum atomic E-state index is 6.65. The van der Waals surface area contributed by atoms with Crippen molar-refractivity contribution in [2.45, 2.75) is 51.5 Å². The van der Waals surface area contributed by atoms with Crippen molar-refractivity contribution in [2.75, 3.05) is 39.6 Å². The lowest BCUT2D eigenvalue weighted by atomic mass is 10.0. The average molecular weight is 845 g/mol. The third kappa shape index (κ3) is 12.5.